The van der Waals surface area contributed by atoms with Gasteiger partial charge in [0.2, 0.25) is 0 Å². The highest BCUT2D eigenvalue weighted by atomic mass is 16.6. The van der Waals surface area contributed by atoms with Crippen molar-refractivity contribution in [3.8, 4) is 22.8 Å². The van der Waals surface area contributed by atoms with Crippen molar-refractivity contribution < 1.29 is 28.3 Å². The first-order valence-electron chi connectivity index (χ1n) is 10.2. The number of ether oxygens (including phenoxy) is 3. The molecule has 2 heterocycles. The molecule has 1 N–H and O–H groups in total. The van der Waals surface area contributed by atoms with Crippen molar-refractivity contribution >= 4 is 12.0 Å². The number of methoxy groups -OCH3 is 2. The summed E-state index contributed by atoms with van der Waals surface area (Å²) in [7, 11) is 3.12. The van der Waals surface area contributed by atoms with Gasteiger partial charge in [-0.2, -0.15) is 0 Å². The maximum absolute atomic E-state index is 12.7. The van der Waals surface area contributed by atoms with Gasteiger partial charge in [0.05, 0.1) is 19.8 Å². The van der Waals surface area contributed by atoms with E-state index in [1.54, 1.807) is 43.4 Å². The summed E-state index contributed by atoms with van der Waals surface area (Å²) < 4.78 is 21.4. The third kappa shape index (κ3) is 5.68. The first-order chi connectivity index (χ1) is 14.7. The fourth-order valence-corrected chi connectivity index (χ4v) is 3.36. The van der Waals surface area contributed by atoms with Crippen molar-refractivity contribution in [3.05, 3.63) is 30.0 Å². The molecule has 1 fully saturated rings. The number of carbonyl (C=O) groups excluding carboxylic acids is 2. The van der Waals surface area contributed by atoms with Crippen LogP contribution in [0.25, 0.3) is 11.3 Å². The van der Waals surface area contributed by atoms with Crippen LogP contribution in [0.4, 0.5) is 4.79 Å². The van der Waals surface area contributed by atoms with Gasteiger partial charge in [0, 0.05) is 25.2 Å². The van der Waals surface area contributed by atoms with Crippen LogP contribution in [-0.2, 0) is 4.74 Å². The Labute approximate surface area is 181 Å². The van der Waals surface area contributed by atoms with Gasteiger partial charge in [-0.15, -0.1) is 0 Å². The van der Waals surface area contributed by atoms with Crippen LogP contribution in [0, 0.1) is 0 Å². The van der Waals surface area contributed by atoms with Gasteiger partial charge >= 0.3 is 6.09 Å². The summed E-state index contributed by atoms with van der Waals surface area (Å²) in [6.07, 6.45) is 1.16. The zero-order valence-corrected chi connectivity index (χ0v) is 18.6. The number of piperidine rings is 1. The van der Waals surface area contributed by atoms with E-state index in [-0.39, 0.29) is 23.7 Å². The molecule has 1 aliphatic heterocycles. The second kappa shape index (κ2) is 9.28. The number of amides is 2. The van der Waals surface area contributed by atoms with E-state index in [2.05, 4.69) is 10.5 Å². The van der Waals surface area contributed by atoms with Gasteiger partial charge in [-0.25, -0.2) is 4.79 Å². The Kier molecular flexibility index (Phi) is 6.72. The predicted octanol–water partition coefficient (Wildman–Crippen LogP) is 3.49. The third-order valence-corrected chi connectivity index (χ3v) is 4.82. The Balaban J connectivity index is 1.67. The molecule has 9 nitrogen and oxygen atoms in total. The minimum absolute atomic E-state index is 0.147. The smallest absolute Gasteiger partial charge is 0.410 e. The van der Waals surface area contributed by atoms with E-state index in [0.717, 1.165) is 12.8 Å². The summed E-state index contributed by atoms with van der Waals surface area (Å²) in [6, 6.07) is 6.64. The van der Waals surface area contributed by atoms with Gasteiger partial charge in [0.25, 0.3) is 5.91 Å². The van der Waals surface area contributed by atoms with Gasteiger partial charge in [-0.05, 0) is 51.8 Å². The Morgan fingerprint density at radius 3 is 2.65 bits per heavy atom. The van der Waals surface area contributed by atoms with Crippen molar-refractivity contribution in [3.63, 3.8) is 0 Å². The monoisotopic (exact) mass is 431 g/mol. The molecule has 0 spiro atoms. The van der Waals surface area contributed by atoms with Crippen molar-refractivity contribution in [2.45, 2.75) is 45.3 Å². The average molecular weight is 431 g/mol. The quantitative estimate of drug-likeness (QED) is 0.773. The van der Waals surface area contributed by atoms with Crippen LogP contribution in [-0.4, -0.2) is 61.0 Å². The molecule has 1 aromatic carbocycles. The predicted molar refractivity (Wildman–Crippen MR) is 113 cm³/mol. The van der Waals surface area contributed by atoms with Crippen LogP contribution in [0.5, 0.6) is 11.5 Å². The van der Waals surface area contributed by atoms with E-state index >= 15 is 0 Å². The molecule has 0 aliphatic carbocycles. The number of likely N-dealkylation sites (tertiary alicyclic amines) is 1. The lowest BCUT2D eigenvalue weighted by atomic mass is 10.1. The van der Waals surface area contributed by atoms with Crippen molar-refractivity contribution in [2.75, 3.05) is 27.3 Å². The minimum Gasteiger partial charge on any atom is -0.497 e. The molecule has 1 aromatic heterocycles. The fraction of sp³-hybridized carbons (Fsp3) is 0.500. The SMILES string of the molecule is COc1ccc(OC)c(-c2cc(C(=O)N[C@@H]3CCCN(C(=O)OC(C)(C)C)C3)no2)c1. The largest absolute Gasteiger partial charge is 0.497 e. The number of nitrogens with zero attached hydrogens (tertiary/aromatic N) is 2. The highest BCUT2D eigenvalue weighted by Crippen LogP contribution is 2.33. The van der Waals surface area contributed by atoms with Crippen LogP contribution in [0.2, 0.25) is 0 Å². The first-order valence-corrected chi connectivity index (χ1v) is 10.2. The molecule has 0 unspecified atom stereocenters. The fourth-order valence-electron chi connectivity index (χ4n) is 3.36. The topological polar surface area (TPSA) is 103 Å². The molecular weight excluding hydrogens is 402 g/mol. The lowest BCUT2D eigenvalue weighted by Crippen LogP contribution is -2.50. The molecular formula is C22H29N3O6. The normalized spacial score (nSPS) is 16.5. The summed E-state index contributed by atoms with van der Waals surface area (Å²) in [5.41, 5.74) is 0.211. The molecule has 31 heavy (non-hydrogen) atoms. The maximum atomic E-state index is 12.7. The number of aromatic nitrogens is 1. The Hall–Kier alpha value is -3.23. The number of benzene rings is 1. The van der Waals surface area contributed by atoms with Gasteiger partial charge in [-0.3, -0.25) is 4.79 Å². The zero-order valence-electron chi connectivity index (χ0n) is 18.6. The average Bonchev–Trinajstić information content (AvgIpc) is 3.22. The van der Waals surface area contributed by atoms with Gasteiger partial charge in [0.15, 0.2) is 11.5 Å². The Bertz CT molecular complexity index is 934. The van der Waals surface area contributed by atoms with Gasteiger partial charge < -0.3 is 29.0 Å². The minimum atomic E-state index is -0.564. The summed E-state index contributed by atoms with van der Waals surface area (Å²) in [5.74, 6) is 1.22. The highest BCUT2D eigenvalue weighted by molar-refractivity contribution is 5.93. The van der Waals surface area contributed by atoms with E-state index in [0.29, 0.717) is 35.9 Å². The Morgan fingerprint density at radius 2 is 1.97 bits per heavy atom. The second-order valence-electron chi connectivity index (χ2n) is 8.38. The molecule has 3 rings (SSSR count). The molecule has 0 saturated carbocycles. The lowest BCUT2D eigenvalue weighted by molar-refractivity contribution is 0.0185. The molecule has 168 valence electrons. The summed E-state index contributed by atoms with van der Waals surface area (Å²) in [4.78, 5) is 26.7. The molecule has 9 heteroatoms. The van der Waals surface area contributed by atoms with Crippen LogP contribution >= 0.6 is 0 Å². The molecule has 0 bridgehead atoms. The van der Waals surface area contributed by atoms with Gasteiger partial charge in [0.1, 0.15) is 17.1 Å². The van der Waals surface area contributed by atoms with E-state index in [9.17, 15) is 9.59 Å². The lowest BCUT2D eigenvalue weighted by Gasteiger charge is -2.34. The van der Waals surface area contributed by atoms with Gasteiger partial charge in [-0.1, -0.05) is 5.16 Å². The first kappa shape index (κ1) is 22.5. The maximum Gasteiger partial charge on any atom is 0.410 e. The van der Waals surface area contributed by atoms with E-state index in [4.69, 9.17) is 18.7 Å². The molecule has 2 amide bonds. The van der Waals surface area contributed by atoms with E-state index in [1.807, 2.05) is 20.8 Å². The number of rotatable bonds is 5. The second-order valence-corrected chi connectivity index (χ2v) is 8.38. The number of hydrogen-bond donors (Lipinski definition) is 1. The molecule has 2 aromatic rings. The number of hydrogen-bond acceptors (Lipinski definition) is 7. The third-order valence-electron chi connectivity index (χ3n) is 4.82. The van der Waals surface area contributed by atoms with Crippen molar-refractivity contribution in [1.29, 1.82) is 0 Å². The molecule has 1 aliphatic rings. The zero-order chi connectivity index (χ0) is 22.6. The standard InChI is InChI=1S/C22H29N3O6/c1-22(2,3)30-21(27)25-10-6-7-14(13-25)23-20(26)17-12-19(31-24-17)16-11-15(28-4)8-9-18(16)29-5/h8-9,11-12,14H,6-7,10,13H2,1-5H3,(H,23,26)/t14-/m1/s1. The Morgan fingerprint density at radius 1 is 1.19 bits per heavy atom. The molecule has 1 saturated heterocycles. The van der Waals surface area contributed by atoms with Crippen molar-refractivity contribution in [2.24, 2.45) is 0 Å². The van der Waals surface area contributed by atoms with Crippen LogP contribution < -0.4 is 14.8 Å². The highest BCUT2D eigenvalue weighted by Gasteiger charge is 2.29. The van der Waals surface area contributed by atoms with Crippen LogP contribution in [0.1, 0.15) is 44.1 Å². The summed E-state index contributed by atoms with van der Waals surface area (Å²) in [6.45, 7) is 6.47. The van der Waals surface area contributed by atoms with Crippen LogP contribution in [0.15, 0.2) is 28.8 Å². The van der Waals surface area contributed by atoms with E-state index in [1.165, 1.54) is 0 Å². The molecule has 1 atom stereocenters. The molecule has 0 radical (unpaired) electrons. The van der Waals surface area contributed by atoms with Crippen LogP contribution in [0.3, 0.4) is 0 Å². The van der Waals surface area contributed by atoms with E-state index < -0.39 is 5.60 Å². The summed E-state index contributed by atoms with van der Waals surface area (Å²) in [5, 5.41) is 6.83. The number of carbonyl (C=O) groups is 2. The summed E-state index contributed by atoms with van der Waals surface area (Å²) >= 11 is 0. The number of nitrogens with one attached hydrogen (secondary N) is 1. The van der Waals surface area contributed by atoms with Crippen molar-refractivity contribution in [1.82, 2.24) is 15.4 Å².